The maximum Gasteiger partial charge on any atom is 0.271 e. The number of amides is 1. The zero-order chi connectivity index (χ0) is 20.9. The maximum absolute atomic E-state index is 13.2. The van der Waals surface area contributed by atoms with Crippen LogP contribution in [0.4, 0.5) is 0 Å². The molecule has 1 aliphatic heterocycles. The summed E-state index contributed by atoms with van der Waals surface area (Å²) in [6.07, 6.45) is 3.20. The molecule has 0 aliphatic carbocycles. The molecular formula is C24H27N3O3. The highest BCUT2D eigenvalue weighted by molar-refractivity contribution is 5.93. The van der Waals surface area contributed by atoms with Crippen molar-refractivity contribution in [3.8, 4) is 22.8 Å². The molecule has 1 aliphatic rings. The number of carbonyl (C=O) groups is 1. The van der Waals surface area contributed by atoms with Crippen molar-refractivity contribution in [2.75, 3.05) is 27.3 Å². The lowest BCUT2D eigenvalue weighted by atomic mass is 9.94. The minimum absolute atomic E-state index is 0.00272. The number of H-pyrrole nitrogens is 1. The largest absolute Gasteiger partial charge is 0.497 e. The Kier molecular flexibility index (Phi) is 6.02. The second-order valence-corrected chi connectivity index (χ2v) is 7.62. The highest BCUT2D eigenvalue weighted by atomic mass is 16.5. The number of likely N-dealkylation sites (tertiary alicyclic amines) is 1. The molecule has 4 rings (SSSR count). The number of carbonyl (C=O) groups excluding carboxylic acids is 1. The molecule has 30 heavy (non-hydrogen) atoms. The third kappa shape index (κ3) is 4.32. The molecule has 2 aromatic carbocycles. The summed E-state index contributed by atoms with van der Waals surface area (Å²) in [5.41, 5.74) is 3.41. The number of hydrogen-bond donors (Lipinski definition) is 1. The quantitative estimate of drug-likeness (QED) is 0.678. The van der Waals surface area contributed by atoms with Crippen molar-refractivity contribution < 1.29 is 14.3 Å². The monoisotopic (exact) mass is 405 g/mol. The molecule has 1 fully saturated rings. The summed E-state index contributed by atoms with van der Waals surface area (Å²) < 4.78 is 10.6. The van der Waals surface area contributed by atoms with Crippen LogP contribution in [0.2, 0.25) is 0 Å². The normalized spacial score (nSPS) is 16.7. The van der Waals surface area contributed by atoms with Crippen molar-refractivity contribution in [1.82, 2.24) is 15.1 Å². The molecule has 3 aromatic rings. The number of benzene rings is 2. The summed E-state index contributed by atoms with van der Waals surface area (Å²) in [6, 6.07) is 17.7. The van der Waals surface area contributed by atoms with E-state index in [2.05, 4.69) is 22.3 Å². The number of methoxy groups -OCH3 is 2. The lowest BCUT2D eigenvalue weighted by Crippen LogP contribution is -2.34. The fourth-order valence-corrected chi connectivity index (χ4v) is 4.01. The van der Waals surface area contributed by atoms with Gasteiger partial charge in [-0.15, -0.1) is 0 Å². The predicted octanol–water partition coefficient (Wildman–Crippen LogP) is 4.50. The van der Waals surface area contributed by atoms with Crippen LogP contribution in [0.3, 0.4) is 0 Å². The summed E-state index contributed by atoms with van der Waals surface area (Å²) in [6.45, 7) is 1.47. The van der Waals surface area contributed by atoms with Crippen LogP contribution in [-0.4, -0.2) is 48.3 Å². The van der Waals surface area contributed by atoms with Gasteiger partial charge >= 0.3 is 0 Å². The van der Waals surface area contributed by atoms with Crippen LogP contribution in [0.5, 0.6) is 11.5 Å². The molecule has 1 atom stereocenters. The van der Waals surface area contributed by atoms with E-state index in [1.54, 1.807) is 14.2 Å². The Morgan fingerprint density at radius 2 is 1.83 bits per heavy atom. The van der Waals surface area contributed by atoms with E-state index in [9.17, 15) is 4.79 Å². The lowest BCUT2D eigenvalue weighted by molar-refractivity contribution is 0.0748. The number of nitrogens with one attached hydrogen (secondary N) is 1. The molecule has 1 saturated heterocycles. The first-order valence-electron chi connectivity index (χ1n) is 10.3. The Bertz CT molecular complexity index is 997. The smallest absolute Gasteiger partial charge is 0.271 e. The van der Waals surface area contributed by atoms with E-state index in [1.807, 2.05) is 47.4 Å². The molecular weight excluding hydrogens is 378 g/mol. The molecule has 2 heterocycles. The predicted molar refractivity (Wildman–Crippen MR) is 116 cm³/mol. The van der Waals surface area contributed by atoms with Crippen molar-refractivity contribution in [3.63, 3.8) is 0 Å². The van der Waals surface area contributed by atoms with Crippen LogP contribution in [0, 0.1) is 0 Å². The molecule has 1 N–H and O–H groups in total. The first-order valence-corrected chi connectivity index (χ1v) is 10.3. The van der Waals surface area contributed by atoms with Crippen molar-refractivity contribution in [2.24, 2.45) is 0 Å². The zero-order valence-electron chi connectivity index (χ0n) is 17.4. The Morgan fingerprint density at radius 1 is 1.03 bits per heavy atom. The van der Waals surface area contributed by atoms with E-state index >= 15 is 0 Å². The highest BCUT2D eigenvalue weighted by Gasteiger charge is 2.25. The fourth-order valence-electron chi connectivity index (χ4n) is 4.01. The number of aromatic nitrogens is 2. The SMILES string of the molecule is COc1ccc(C2CCCCN(C(=O)c3cc(-c4cccc(OC)c4)n[nH]3)C2)cc1. The Balaban J connectivity index is 1.51. The van der Waals surface area contributed by atoms with Gasteiger partial charge in [0.25, 0.3) is 5.91 Å². The van der Waals surface area contributed by atoms with Crippen LogP contribution >= 0.6 is 0 Å². The van der Waals surface area contributed by atoms with Gasteiger partial charge in [0.2, 0.25) is 0 Å². The number of hydrogen-bond acceptors (Lipinski definition) is 4. The average Bonchev–Trinajstić information content (AvgIpc) is 3.17. The molecule has 1 unspecified atom stereocenters. The van der Waals surface area contributed by atoms with Crippen LogP contribution < -0.4 is 9.47 Å². The molecule has 6 nitrogen and oxygen atoms in total. The maximum atomic E-state index is 13.2. The average molecular weight is 405 g/mol. The molecule has 0 radical (unpaired) electrons. The van der Waals surface area contributed by atoms with Crippen molar-refractivity contribution in [2.45, 2.75) is 25.2 Å². The lowest BCUT2D eigenvalue weighted by Gasteiger charge is -2.24. The molecule has 1 aromatic heterocycles. The summed E-state index contributed by atoms with van der Waals surface area (Å²) in [5.74, 6) is 1.93. The molecule has 156 valence electrons. The van der Waals surface area contributed by atoms with Gasteiger partial charge in [0.05, 0.1) is 19.9 Å². The molecule has 0 saturated carbocycles. The first kappa shape index (κ1) is 20.0. The molecule has 6 heteroatoms. The Labute approximate surface area is 176 Å². The fraction of sp³-hybridized carbons (Fsp3) is 0.333. The second kappa shape index (κ2) is 9.03. The Morgan fingerprint density at radius 3 is 2.60 bits per heavy atom. The number of ether oxygens (including phenoxy) is 2. The number of aromatic amines is 1. The minimum atomic E-state index is -0.00272. The Hall–Kier alpha value is -3.28. The van der Waals surface area contributed by atoms with E-state index in [4.69, 9.17) is 9.47 Å². The van der Waals surface area contributed by atoms with Gasteiger partial charge in [-0.25, -0.2) is 0 Å². The summed E-state index contributed by atoms with van der Waals surface area (Å²) in [5, 5.41) is 7.29. The van der Waals surface area contributed by atoms with E-state index in [1.165, 1.54) is 5.56 Å². The van der Waals surface area contributed by atoms with Gasteiger partial charge in [0.1, 0.15) is 17.2 Å². The van der Waals surface area contributed by atoms with Gasteiger partial charge in [-0.05, 0) is 48.7 Å². The first-order chi connectivity index (χ1) is 14.7. The van der Waals surface area contributed by atoms with Crippen LogP contribution in [0.1, 0.15) is 41.2 Å². The van der Waals surface area contributed by atoms with Crippen LogP contribution in [-0.2, 0) is 0 Å². The molecule has 0 spiro atoms. The van der Waals surface area contributed by atoms with E-state index in [0.717, 1.165) is 48.6 Å². The minimum Gasteiger partial charge on any atom is -0.497 e. The number of nitrogens with zero attached hydrogens (tertiary/aromatic N) is 2. The van der Waals surface area contributed by atoms with Gasteiger partial charge < -0.3 is 14.4 Å². The van der Waals surface area contributed by atoms with Gasteiger partial charge in [0.15, 0.2) is 0 Å². The van der Waals surface area contributed by atoms with Crippen LogP contribution in [0.15, 0.2) is 54.6 Å². The zero-order valence-corrected chi connectivity index (χ0v) is 17.4. The summed E-state index contributed by atoms with van der Waals surface area (Å²) >= 11 is 0. The third-order valence-corrected chi connectivity index (χ3v) is 5.72. The van der Waals surface area contributed by atoms with Crippen molar-refractivity contribution in [3.05, 3.63) is 65.9 Å². The topological polar surface area (TPSA) is 67.4 Å². The van der Waals surface area contributed by atoms with Gasteiger partial charge in [-0.2, -0.15) is 5.10 Å². The highest BCUT2D eigenvalue weighted by Crippen LogP contribution is 2.29. The van der Waals surface area contributed by atoms with Crippen molar-refractivity contribution in [1.29, 1.82) is 0 Å². The van der Waals surface area contributed by atoms with E-state index < -0.39 is 0 Å². The standard InChI is InChI=1S/C24H27N3O3/c1-29-20-11-9-17(10-12-20)19-6-3-4-13-27(16-19)24(28)23-15-22(25-26-23)18-7-5-8-21(14-18)30-2/h5,7-12,14-15,19H,3-4,6,13,16H2,1-2H3,(H,25,26). The molecule has 0 bridgehead atoms. The third-order valence-electron chi connectivity index (χ3n) is 5.72. The van der Waals surface area contributed by atoms with Crippen LogP contribution in [0.25, 0.3) is 11.3 Å². The van der Waals surface area contributed by atoms with Gasteiger partial charge in [-0.3, -0.25) is 9.89 Å². The molecule has 1 amide bonds. The van der Waals surface area contributed by atoms with Gasteiger partial charge in [0, 0.05) is 24.6 Å². The van der Waals surface area contributed by atoms with Gasteiger partial charge in [-0.1, -0.05) is 30.7 Å². The van der Waals surface area contributed by atoms with E-state index in [-0.39, 0.29) is 5.91 Å². The number of rotatable bonds is 5. The van der Waals surface area contributed by atoms with Crippen molar-refractivity contribution >= 4 is 5.91 Å². The summed E-state index contributed by atoms with van der Waals surface area (Å²) in [7, 11) is 3.31. The van der Waals surface area contributed by atoms with E-state index in [0.29, 0.717) is 18.2 Å². The second-order valence-electron chi connectivity index (χ2n) is 7.62. The summed E-state index contributed by atoms with van der Waals surface area (Å²) in [4.78, 5) is 15.2.